The smallest absolute Gasteiger partial charge is 0.126 e. The van der Waals surface area contributed by atoms with E-state index in [0.717, 1.165) is 0 Å². The third-order valence-electron chi connectivity index (χ3n) is 1.24. The number of hydrogen-bond acceptors (Lipinski definition) is 2. The quantitative estimate of drug-likeness (QED) is 0.532. The van der Waals surface area contributed by atoms with E-state index in [-0.39, 0.29) is 19.3 Å². The summed E-state index contributed by atoms with van der Waals surface area (Å²) in [5.41, 5.74) is 0. The van der Waals surface area contributed by atoms with Gasteiger partial charge >= 0.3 is 0 Å². The molecule has 8 heavy (non-hydrogen) atoms. The van der Waals surface area contributed by atoms with Crippen LogP contribution in [0, 0.1) is 0 Å². The van der Waals surface area contributed by atoms with Gasteiger partial charge in [-0.15, -0.1) is 0 Å². The lowest BCUT2D eigenvalue weighted by Gasteiger charge is -2.00. The van der Waals surface area contributed by atoms with Crippen molar-refractivity contribution in [2.24, 2.45) is 0 Å². The second-order valence-corrected chi connectivity index (χ2v) is 1.97. The molecule has 0 saturated carbocycles. The van der Waals surface area contributed by atoms with Gasteiger partial charge in [-0.3, -0.25) is 0 Å². The maximum Gasteiger partial charge on any atom is 0.126 e. The van der Waals surface area contributed by atoms with E-state index in [1.165, 1.54) is 0 Å². The molecule has 48 valence electrons. The van der Waals surface area contributed by atoms with Crippen molar-refractivity contribution < 1.29 is 14.2 Å². The molecule has 1 saturated heterocycles. The molecule has 1 rings (SSSR count). The van der Waals surface area contributed by atoms with E-state index in [0.29, 0.717) is 6.42 Å². The van der Waals surface area contributed by atoms with Crippen LogP contribution >= 0.6 is 0 Å². The molecule has 0 radical (unpaired) electrons. The average molecular weight is 120 g/mol. The first-order valence-corrected chi connectivity index (χ1v) is 2.69. The number of hydrogen-bond donors (Lipinski definition) is 1. The number of halogens is 1. The highest BCUT2D eigenvalue weighted by Crippen LogP contribution is 2.14. The maximum absolute atomic E-state index is 12.1. The van der Waals surface area contributed by atoms with Gasteiger partial charge in [0.15, 0.2) is 0 Å². The molecule has 1 heterocycles. The van der Waals surface area contributed by atoms with Crippen molar-refractivity contribution in [2.45, 2.75) is 18.7 Å². The standard InChI is InChI=1S/C5H9FO2/c6-4-1-5(2-7)8-3-4/h4-5,7H,1-3H2/t4?,5-/m0/s1. The zero-order chi connectivity index (χ0) is 5.98. The number of alkyl halides is 1. The van der Waals surface area contributed by atoms with E-state index in [1.807, 2.05) is 0 Å². The molecule has 0 aromatic carbocycles. The van der Waals surface area contributed by atoms with E-state index in [1.54, 1.807) is 0 Å². The fraction of sp³-hybridized carbons (Fsp3) is 1.00. The molecule has 0 bridgehead atoms. The second-order valence-electron chi connectivity index (χ2n) is 1.97. The Hall–Kier alpha value is -0.150. The van der Waals surface area contributed by atoms with Crippen LogP contribution in [-0.2, 0) is 4.74 Å². The Morgan fingerprint density at radius 2 is 2.50 bits per heavy atom. The van der Waals surface area contributed by atoms with Crippen LogP contribution in [0.2, 0.25) is 0 Å². The lowest BCUT2D eigenvalue weighted by atomic mass is 10.2. The molecular formula is C5H9FO2. The average Bonchev–Trinajstić information content (AvgIpc) is 2.14. The van der Waals surface area contributed by atoms with Crippen LogP contribution in [0.1, 0.15) is 6.42 Å². The van der Waals surface area contributed by atoms with Gasteiger partial charge in [-0.05, 0) is 0 Å². The zero-order valence-electron chi connectivity index (χ0n) is 4.51. The third-order valence-corrected chi connectivity index (χ3v) is 1.24. The monoisotopic (exact) mass is 120 g/mol. The number of ether oxygens (including phenoxy) is 1. The minimum Gasteiger partial charge on any atom is -0.394 e. The molecule has 1 aliphatic rings. The first kappa shape index (κ1) is 5.98. The van der Waals surface area contributed by atoms with E-state index in [4.69, 9.17) is 9.84 Å². The molecular weight excluding hydrogens is 111 g/mol. The molecule has 1 unspecified atom stereocenters. The van der Waals surface area contributed by atoms with E-state index in [2.05, 4.69) is 0 Å². The predicted molar refractivity (Wildman–Crippen MR) is 26.3 cm³/mol. The molecule has 1 fully saturated rings. The lowest BCUT2D eigenvalue weighted by Crippen LogP contribution is -2.09. The molecule has 1 aliphatic heterocycles. The molecule has 2 nitrogen and oxygen atoms in total. The Morgan fingerprint density at radius 1 is 1.75 bits per heavy atom. The molecule has 0 aliphatic carbocycles. The minimum atomic E-state index is -0.854. The molecule has 0 spiro atoms. The largest absolute Gasteiger partial charge is 0.394 e. The number of rotatable bonds is 1. The van der Waals surface area contributed by atoms with Gasteiger partial charge in [-0.1, -0.05) is 0 Å². The van der Waals surface area contributed by atoms with Gasteiger partial charge in [0.05, 0.1) is 19.3 Å². The predicted octanol–water partition coefficient (Wildman–Crippen LogP) is 0.106. The Kier molecular flexibility index (Phi) is 1.81. The SMILES string of the molecule is OC[C@@H]1CC(F)CO1. The Morgan fingerprint density at radius 3 is 2.75 bits per heavy atom. The van der Waals surface area contributed by atoms with Crippen LogP contribution in [-0.4, -0.2) is 30.6 Å². The molecule has 0 aromatic heterocycles. The van der Waals surface area contributed by atoms with E-state index in [9.17, 15) is 4.39 Å². The van der Waals surface area contributed by atoms with Crippen molar-refractivity contribution >= 4 is 0 Å². The van der Waals surface area contributed by atoms with Crippen LogP contribution in [0.15, 0.2) is 0 Å². The van der Waals surface area contributed by atoms with Gasteiger partial charge in [-0.25, -0.2) is 4.39 Å². The Labute approximate surface area is 47.3 Å². The first-order chi connectivity index (χ1) is 3.83. The van der Waals surface area contributed by atoms with Gasteiger partial charge < -0.3 is 9.84 Å². The van der Waals surface area contributed by atoms with Crippen molar-refractivity contribution in [3.05, 3.63) is 0 Å². The lowest BCUT2D eigenvalue weighted by molar-refractivity contribution is 0.0562. The molecule has 2 atom stereocenters. The zero-order valence-corrected chi connectivity index (χ0v) is 4.51. The van der Waals surface area contributed by atoms with Gasteiger partial charge in [0, 0.05) is 6.42 Å². The number of aliphatic hydroxyl groups is 1. The highest BCUT2D eigenvalue weighted by atomic mass is 19.1. The van der Waals surface area contributed by atoms with Crippen LogP contribution in [0.3, 0.4) is 0 Å². The summed E-state index contributed by atoms with van der Waals surface area (Å²) in [6, 6.07) is 0. The minimum absolute atomic E-state index is 0.0551. The maximum atomic E-state index is 12.1. The summed E-state index contributed by atoms with van der Waals surface area (Å²) in [6.45, 7) is 0.103. The fourth-order valence-electron chi connectivity index (χ4n) is 0.789. The van der Waals surface area contributed by atoms with Gasteiger partial charge in [0.2, 0.25) is 0 Å². The van der Waals surface area contributed by atoms with Crippen molar-refractivity contribution in [2.75, 3.05) is 13.2 Å². The summed E-state index contributed by atoms with van der Waals surface area (Å²) >= 11 is 0. The van der Waals surface area contributed by atoms with Gasteiger partial charge in [0.1, 0.15) is 6.17 Å². The summed E-state index contributed by atoms with van der Waals surface area (Å²) < 4.78 is 16.9. The molecule has 3 heteroatoms. The van der Waals surface area contributed by atoms with Crippen LogP contribution in [0.4, 0.5) is 4.39 Å². The van der Waals surface area contributed by atoms with Crippen molar-refractivity contribution in [1.29, 1.82) is 0 Å². The summed E-state index contributed by atoms with van der Waals surface area (Å²) in [7, 11) is 0. The Balaban J connectivity index is 2.22. The van der Waals surface area contributed by atoms with Crippen LogP contribution in [0.25, 0.3) is 0 Å². The molecule has 0 amide bonds. The second kappa shape index (κ2) is 2.42. The normalized spacial score (nSPS) is 38.2. The molecule has 1 N–H and O–H groups in total. The summed E-state index contributed by atoms with van der Waals surface area (Å²) in [5.74, 6) is 0. The summed E-state index contributed by atoms with van der Waals surface area (Å²) in [4.78, 5) is 0. The first-order valence-electron chi connectivity index (χ1n) is 2.69. The topological polar surface area (TPSA) is 29.5 Å². The van der Waals surface area contributed by atoms with E-state index >= 15 is 0 Å². The number of aliphatic hydroxyl groups excluding tert-OH is 1. The summed E-state index contributed by atoms with van der Waals surface area (Å²) in [5, 5.41) is 8.39. The Bertz CT molecular complexity index is 76.8. The highest BCUT2D eigenvalue weighted by molar-refractivity contribution is 4.70. The van der Waals surface area contributed by atoms with Crippen molar-refractivity contribution in [1.82, 2.24) is 0 Å². The van der Waals surface area contributed by atoms with Crippen molar-refractivity contribution in [3.63, 3.8) is 0 Å². The van der Waals surface area contributed by atoms with E-state index < -0.39 is 6.17 Å². The van der Waals surface area contributed by atoms with Crippen LogP contribution in [0.5, 0.6) is 0 Å². The van der Waals surface area contributed by atoms with Gasteiger partial charge in [-0.2, -0.15) is 0 Å². The van der Waals surface area contributed by atoms with Gasteiger partial charge in [0.25, 0.3) is 0 Å². The summed E-state index contributed by atoms with van der Waals surface area (Å²) in [6.07, 6.45) is -0.742. The molecule has 0 aromatic rings. The highest BCUT2D eigenvalue weighted by Gasteiger charge is 2.23. The van der Waals surface area contributed by atoms with Crippen molar-refractivity contribution in [3.8, 4) is 0 Å². The fourth-order valence-corrected chi connectivity index (χ4v) is 0.789. The third kappa shape index (κ3) is 1.17. The van der Waals surface area contributed by atoms with Crippen LogP contribution < -0.4 is 0 Å².